The summed E-state index contributed by atoms with van der Waals surface area (Å²) in [6.45, 7) is 6.89. The van der Waals surface area contributed by atoms with Gasteiger partial charge < -0.3 is 10.2 Å². The Balaban J connectivity index is -0.0000000720. The third-order valence-electron chi connectivity index (χ3n) is 0. The average Bonchev–Trinajstić information content (AvgIpc) is 1.25. The normalized spacial score (nSPS) is 8.00. The van der Waals surface area contributed by atoms with Crippen molar-refractivity contribution >= 4 is 0 Å². The van der Waals surface area contributed by atoms with Crippen LogP contribution >= 0.6 is 0 Å². The number of aliphatic hydroxyl groups excluding tert-OH is 2. The van der Waals surface area contributed by atoms with E-state index in [0.717, 1.165) is 0 Å². The molecule has 2 nitrogen and oxygen atoms in total. The minimum absolute atomic E-state index is 0. The van der Waals surface area contributed by atoms with Crippen molar-refractivity contribution in [1.82, 2.24) is 0 Å². The zero-order valence-corrected chi connectivity index (χ0v) is 7.51. The summed E-state index contributed by atoms with van der Waals surface area (Å²) in [5.41, 5.74) is 0. The van der Waals surface area contributed by atoms with Crippen LogP contribution in [0.2, 0.25) is 0 Å². The Hall–Kier alpha value is 0.439. The van der Waals surface area contributed by atoms with E-state index in [2.05, 4.69) is 0 Å². The van der Waals surface area contributed by atoms with Crippen LogP contribution in [0.15, 0.2) is 0 Å². The molecule has 0 saturated heterocycles. The molecule has 0 aromatic rings. The van der Waals surface area contributed by atoms with E-state index in [9.17, 15) is 0 Å². The third kappa shape index (κ3) is 1810. The van der Waals surface area contributed by atoms with Gasteiger partial charge in [-0.1, -0.05) is 0 Å². The first-order valence-corrected chi connectivity index (χ1v) is 2.83. The fourth-order valence-corrected chi connectivity index (χ4v) is 0. The van der Waals surface area contributed by atoms with E-state index in [1.165, 1.54) is 0 Å². The second-order valence-electron chi connectivity index (χ2n) is 2.19. The van der Waals surface area contributed by atoms with Crippen LogP contribution in [0.1, 0.15) is 27.7 Å². The predicted octanol–water partition coefficient (Wildman–Crippen LogP) is 0.772. The van der Waals surface area contributed by atoms with E-state index < -0.39 is 0 Å². The van der Waals surface area contributed by atoms with E-state index >= 15 is 0 Å². The summed E-state index contributed by atoms with van der Waals surface area (Å²) in [5.74, 6) is 0. The Kier molecular flexibility index (Phi) is 20.3. The molecule has 0 spiro atoms. The third-order valence-corrected chi connectivity index (χ3v) is 0. The smallest absolute Gasteiger partial charge is 0.0483 e. The molecule has 0 aromatic carbocycles. The van der Waals surface area contributed by atoms with Crippen molar-refractivity contribution in [2.75, 3.05) is 0 Å². The average molecular weight is 176 g/mol. The molecule has 0 heterocycles. The minimum Gasteiger partial charge on any atom is -0.394 e. The molecule has 0 rings (SSSR count). The van der Waals surface area contributed by atoms with Gasteiger partial charge in [-0.05, 0) is 27.7 Å². The molecule has 0 aliphatic carbocycles. The summed E-state index contributed by atoms with van der Waals surface area (Å²) in [6, 6.07) is 0. The molecular formula is C6H16FeO2. The van der Waals surface area contributed by atoms with Crippen molar-refractivity contribution in [1.29, 1.82) is 0 Å². The van der Waals surface area contributed by atoms with Crippen molar-refractivity contribution in [2.45, 2.75) is 39.9 Å². The van der Waals surface area contributed by atoms with Crippen LogP contribution in [0, 0.1) is 0 Å². The first-order valence-electron chi connectivity index (χ1n) is 2.83. The van der Waals surface area contributed by atoms with Crippen molar-refractivity contribution in [3.63, 3.8) is 0 Å². The van der Waals surface area contributed by atoms with Crippen molar-refractivity contribution in [3.05, 3.63) is 0 Å². The van der Waals surface area contributed by atoms with Gasteiger partial charge in [0.25, 0.3) is 0 Å². The Morgan fingerprint density at radius 3 is 0.778 bits per heavy atom. The zero-order chi connectivity index (χ0) is 7.15. The molecule has 0 saturated carbocycles. The van der Waals surface area contributed by atoms with Crippen LogP contribution in [0.3, 0.4) is 0 Å². The molecule has 0 fully saturated rings. The van der Waals surface area contributed by atoms with E-state index in [0.29, 0.717) is 0 Å². The van der Waals surface area contributed by atoms with Crippen molar-refractivity contribution in [3.8, 4) is 0 Å². The van der Waals surface area contributed by atoms with Gasteiger partial charge in [0.2, 0.25) is 0 Å². The fourth-order valence-electron chi connectivity index (χ4n) is 0. The van der Waals surface area contributed by atoms with Crippen LogP contribution < -0.4 is 0 Å². The number of aliphatic hydroxyl groups is 2. The van der Waals surface area contributed by atoms with Gasteiger partial charge in [0.1, 0.15) is 0 Å². The van der Waals surface area contributed by atoms with Crippen molar-refractivity contribution in [2.24, 2.45) is 0 Å². The molecule has 2 N–H and O–H groups in total. The van der Waals surface area contributed by atoms with Crippen LogP contribution in [-0.4, -0.2) is 22.4 Å². The standard InChI is InChI=1S/2C3H8O.Fe/c2*1-3(2)4;/h2*3-4H,1-2H3;. The van der Waals surface area contributed by atoms with Crippen LogP contribution in [0.5, 0.6) is 0 Å². The van der Waals surface area contributed by atoms with Gasteiger partial charge in [-0.25, -0.2) is 0 Å². The minimum atomic E-state index is -0.167. The maximum absolute atomic E-state index is 8.06. The van der Waals surface area contributed by atoms with Crippen LogP contribution in [0.4, 0.5) is 0 Å². The molecule has 60 valence electrons. The summed E-state index contributed by atoms with van der Waals surface area (Å²) in [5, 5.41) is 16.1. The summed E-state index contributed by atoms with van der Waals surface area (Å²) < 4.78 is 0. The second kappa shape index (κ2) is 11.3. The van der Waals surface area contributed by atoms with Gasteiger partial charge in [0.15, 0.2) is 0 Å². The van der Waals surface area contributed by atoms with E-state index in [1.807, 2.05) is 0 Å². The van der Waals surface area contributed by atoms with Gasteiger partial charge in [0.05, 0.1) is 0 Å². The van der Waals surface area contributed by atoms with E-state index in [4.69, 9.17) is 10.2 Å². The molecule has 0 bridgehead atoms. The number of rotatable bonds is 0. The summed E-state index contributed by atoms with van der Waals surface area (Å²) >= 11 is 0. The molecule has 0 unspecified atom stereocenters. The maximum atomic E-state index is 8.06. The SMILES string of the molecule is CC(C)O.CC(C)O.[Fe]. The molecule has 0 aromatic heterocycles. The van der Waals surface area contributed by atoms with Gasteiger partial charge in [0, 0.05) is 29.3 Å². The Bertz CT molecular complexity index is 26.5. The first kappa shape index (κ1) is 16.2. The van der Waals surface area contributed by atoms with Crippen molar-refractivity contribution < 1.29 is 27.3 Å². The van der Waals surface area contributed by atoms with Gasteiger partial charge in [-0.15, -0.1) is 0 Å². The molecule has 0 atom stereocenters. The molecule has 9 heavy (non-hydrogen) atoms. The summed E-state index contributed by atoms with van der Waals surface area (Å²) in [7, 11) is 0. The molecule has 3 heteroatoms. The number of hydrogen-bond acceptors (Lipinski definition) is 2. The molecule has 0 amide bonds. The summed E-state index contributed by atoms with van der Waals surface area (Å²) in [6.07, 6.45) is -0.333. The first-order chi connectivity index (χ1) is 3.46. The Morgan fingerprint density at radius 1 is 0.778 bits per heavy atom. The maximum Gasteiger partial charge on any atom is 0.0483 e. The predicted molar refractivity (Wildman–Crippen MR) is 34.7 cm³/mol. The van der Waals surface area contributed by atoms with Gasteiger partial charge >= 0.3 is 0 Å². The van der Waals surface area contributed by atoms with E-state index in [1.54, 1.807) is 27.7 Å². The monoisotopic (exact) mass is 176 g/mol. The molecular weight excluding hydrogens is 160 g/mol. The Labute approximate surface area is 67.8 Å². The van der Waals surface area contributed by atoms with Crippen LogP contribution in [0.25, 0.3) is 0 Å². The fraction of sp³-hybridized carbons (Fsp3) is 1.00. The quantitative estimate of drug-likeness (QED) is 0.535. The van der Waals surface area contributed by atoms with Gasteiger partial charge in [-0.3, -0.25) is 0 Å². The summed E-state index contributed by atoms with van der Waals surface area (Å²) in [4.78, 5) is 0. The van der Waals surface area contributed by atoms with Crippen LogP contribution in [-0.2, 0) is 17.1 Å². The largest absolute Gasteiger partial charge is 0.394 e. The Morgan fingerprint density at radius 2 is 0.778 bits per heavy atom. The van der Waals surface area contributed by atoms with E-state index in [-0.39, 0.29) is 29.3 Å². The number of hydrogen-bond donors (Lipinski definition) is 2. The molecule has 0 aliphatic heterocycles. The zero-order valence-electron chi connectivity index (χ0n) is 6.40. The second-order valence-corrected chi connectivity index (χ2v) is 2.19. The van der Waals surface area contributed by atoms with Gasteiger partial charge in [-0.2, -0.15) is 0 Å². The molecule has 0 radical (unpaired) electrons. The topological polar surface area (TPSA) is 40.5 Å². The molecule has 0 aliphatic rings.